The van der Waals surface area contributed by atoms with Gasteiger partial charge in [-0.2, -0.15) is 15.0 Å². The molecule has 10 nitrogen and oxygen atoms in total. The number of ether oxygens (including phenoxy) is 1. The maximum Gasteiger partial charge on any atom is 0.331 e. The van der Waals surface area contributed by atoms with Crippen LogP contribution in [-0.2, 0) is 16.1 Å². The van der Waals surface area contributed by atoms with E-state index in [0.29, 0.717) is 11.3 Å². The second kappa shape index (κ2) is 9.59. The molecule has 3 aromatic rings. The van der Waals surface area contributed by atoms with E-state index in [0.717, 1.165) is 6.08 Å². The summed E-state index contributed by atoms with van der Waals surface area (Å²) in [5.41, 5.74) is 6.28. The van der Waals surface area contributed by atoms with E-state index < -0.39 is 16.7 Å². The highest BCUT2D eigenvalue weighted by molar-refractivity contribution is 6.32. The summed E-state index contributed by atoms with van der Waals surface area (Å²) in [6.45, 7) is -0.297. The number of benzene rings is 2. The minimum Gasteiger partial charge on any atom is -0.454 e. The Balaban J connectivity index is 1.63. The van der Waals surface area contributed by atoms with Gasteiger partial charge in [-0.05, 0) is 42.0 Å². The third kappa shape index (κ3) is 6.18. The van der Waals surface area contributed by atoms with Crippen molar-refractivity contribution < 1.29 is 18.8 Å². The normalized spacial score (nSPS) is 10.8. The first-order valence-corrected chi connectivity index (χ1v) is 9.00. The van der Waals surface area contributed by atoms with E-state index in [9.17, 15) is 19.3 Å². The summed E-state index contributed by atoms with van der Waals surface area (Å²) < 4.78 is 18.1. The number of carbonyl (C=O) groups excluding carboxylic acids is 1. The van der Waals surface area contributed by atoms with Gasteiger partial charge in [-0.3, -0.25) is 10.1 Å². The first-order valence-electron chi connectivity index (χ1n) is 8.62. The number of anilines is 3. The molecule has 2 aromatic carbocycles. The first kappa shape index (κ1) is 21.6. The Labute approximate surface area is 179 Å². The van der Waals surface area contributed by atoms with Gasteiger partial charge in [0.15, 0.2) is 12.4 Å². The zero-order chi connectivity index (χ0) is 22.4. The van der Waals surface area contributed by atoms with Crippen molar-refractivity contribution in [1.82, 2.24) is 15.0 Å². The Morgan fingerprint density at radius 1 is 1.23 bits per heavy atom. The summed E-state index contributed by atoms with van der Waals surface area (Å²) in [4.78, 5) is 34.1. The molecule has 0 fully saturated rings. The van der Waals surface area contributed by atoms with Crippen molar-refractivity contribution in [1.29, 1.82) is 0 Å². The van der Waals surface area contributed by atoms with E-state index >= 15 is 0 Å². The molecule has 31 heavy (non-hydrogen) atoms. The van der Waals surface area contributed by atoms with E-state index in [1.165, 1.54) is 48.5 Å². The molecule has 0 amide bonds. The molecular weight excluding hydrogens is 431 g/mol. The molecule has 3 rings (SSSR count). The maximum atomic E-state index is 13.0. The predicted octanol–water partition coefficient (Wildman–Crippen LogP) is 3.65. The molecule has 0 aliphatic heterocycles. The van der Waals surface area contributed by atoms with Crippen molar-refractivity contribution >= 4 is 46.9 Å². The van der Waals surface area contributed by atoms with Crippen molar-refractivity contribution in [2.24, 2.45) is 0 Å². The topological polar surface area (TPSA) is 146 Å². The Bertz CT molecular complexity index is 1160. The third-order valence-electron chi connectivity index (χ3n) is 3.72. The predicted molar refractivity (Wildman–Crippen MR) is 111 cm³/mol. The molecule has 1 aromatic heterocycles. The highest BCUT2D eigenvalue weighted by atomic mass is 35.5. The fourth-order valence-electron chi connectivity index (χ4n) is 2.34. The number of hydrogen-bond acceptors (Lipinski definition) is 9. The fourth-order valence-corrected chi connectivity index (χ4v) is 2.53. The summed E-state index contributed by atoms with van der Waals surface area (Å²) in [6, 6.07) is 9.59. The number of nitrogen functional groups attached to an aromatic ring is 1. The number of rotatable bonds is 7. The molecule has 0 saturated carbocycles. The number of esters is 1. The van der Waals surface area contributed by atoms with E-state index in [1.54, 1.807) is 0 Å². The van der Waals surface area contributed by atoms with Gasteiger partial charge in [-0.15, -0.1) is 0 Å². The van der Waals surface area contributed by atoms with E-state index in [4.69, 9.17) is 22.1 Å². The van der Waals surface area contributed by atoms with Gasteiger partial charge < -0.3 is 15.8 Å². The molecule has 0 aliphatic carbocycles. The smallest absolute Gasteiger partial charge is 0.331 e. The number of nitrogens with zero attached hydrogens (tertiary/aromatic N) is 4. The van der Waals surface area contributed by atoms with Crippen LogP contribution in [0.4, 0.5) is 27.7 Å². The lowest BCUT2D eigenvalue weighted by molar-refractivity contribution is -0.384. The molecule has 3 N–H and O–H groups in total. The lowest BCUT2D eigenvalue weighted by atomic mass is 10.2. The van der Waals surface area contributed by atoms with Crippen molar-refractivity contribution in [3.05, 3.63) is 80.9 Å². The van der Waals surface area contributed by atoms with Crippen molar-refractivity contribution in [2.45, 2.75) is 6.61 Å². The highest BCUT2D eigenvalue weighted by Crippen LogP contribution is 2.25. The highest BCUT2D eigenvalue weighted by Gasteiger charge is 2.12. The van der Waals surface area contributed by atoms with Gasteiger partial charge in [0.25, 0.3) is 5.69 Å². The molecule has 0 bridgehead atoms. The quantitative estimate of drug-likeness (QED) is 0.241. The average molecular weight is 445 g/mol. The van der Waals surface area contributed by atoms with Crippen LogP contribution in [0.1, 0.15) is 11.4 Å². The van der Waals surface area contributed by atoms with E-state index in [2.05, 4.69) is 20.3 Å². The van der Waals surface area contributed by atoms with Crippen LogP contribution in [-0.4, -0.2) is 25.8 Å². The van der Waals surface area contributed by atoms with Crippen LogP contribution in [0.2, 0.25) is 5.02 Å². The monoisotopic (exact) mass is 444 g/mol. The standard InChI is InChI=1S/C19H14ClFN6O4/c20-14-7-1-11(9-15(14)27(29)30)2-8-17(28)31-10-16-24-18(22)26-19(25-16)23-13-5-3-12(21)4-6-13/h1-9H,10H2,(H3,22,23,24,25,26)/b8-2+. The zero-order valence-electron chi connectivity index (χ0n) is 15.7. The van der Waals surface area contributed by atoms with Gasteiger partial charge in [0.2, 0.25) is 11.9 Å². The van der Waals surface area contributed by atoms with Gasteiger partial charge >= 0.3 is 5.97 Å². The second-order valence-electron chi connectivity index (χ2n) is 5.97. The molecule has 0 saturated heterocycles. The molecule has 0 radical (unpaired) electrons. The summed E-state index contributed by atoms with van der Waals surface area (Å²) in [5, 5.41) is 13.7. The van der Waals surface area contributed by atoms with Gasteiger partial charge in [0.05, 0.1) is 4.92 Å². The second-order valence-corrected chi connectivity index (χ2v) is 6.38. The van der Waals surface area contributed by atoms with E-state index in [-0.39, 0.29) is 35.0 Å². The van der Waals surface area contributed by atoms with Crippen LogP contribution in [0.5, 0.6) is 0 Å². The van der Waals surface area contributed by atoms with E-state index in [1.807, 2.05) is 0 Å². The minimum absolute atomic E-state index is 0.0118. The minimum atomic E-state index is -0.732. The SMILES string of the molecule is Nc1nc(COC(=O)/C=C/c2ccc(Cl)c([N+](=O)[O-])c2)nc(Nc2ccc(F)cc2)n1. The first-order chi connectivity index (χ1) is 14.8. The molecule has 12 heteroatoms. The average Bonchev–Trinajstić information content (AvgIpc) is 2.73. The number of nitrogens with two attached hydrogens (primary N) is 1. The Kier molecular flexibility index (Phi) is 6.67. The van der Waals surface area contributed by atoms with Gasteiger partial charge in [-0.25, -0.2) is 9.18 Å². The number of aromatic nitrogens is 3. The zero-order valence-corrected chi connectivity index (χ0v) is 16.4. The molecule has 0 aliphatic rings. The Morgan fingerprint density at radius 2 is 1.97 bits per heavy atom. The molecule has 158 valence electrons. The number of carbonyl (C=O) groups is 1. The molecule has 1 heterocycles. The lowest BCUT2D eigenvalue weighted by Gasteiger charge is -2.07. The van der Waals surface area contributed by atoms with Crippen molar-refractivity contribution in [3.63, 3.8) is 0 Å². The summed E-state index contributed by atoms with van der Waals surface area (Å²) in [5.74, 6) is -1.05. The summed E-state index contributed by atoms with van der Waals surface area (Å²) in [6.07, 6.45) is 2.43. The third-order valence-corrected chi connectivity index (χ3v) is 4.04. The van der Waals surface area contributed by atoms with Crippen molar-refractivity contribution in [2.75, 3.05) is 11.1 Å². The summed E-state index contributed by atoms with van der Waals surface area (Å²) >= 11 is 5.75. The van der Waals surface area contributed by atoms with Gasteiger partial charge in [0, 0.05) is 17.8 Å². The molecule has 0 atom stereocenters. The number of hydrogen-bond donors (Lipinski definition) is 2. The van der Waals surface area contributed by atoms with Crippen LogP contribution < -0.4 is 11.1 Å². The Morgan fingerprint density at radius 3 is 2.68 bits per heavy atom. The number of nitrogens with one attached hydrogen (secondary N) is 1. The van der Waals surface area contributed by atoms with Crippen LogP contribution in [0.15, 0.2) is 48.5 Å². The molecule has 0 unspecified atom stereocenters. The summed E-state index contributed by atoms with van der Waals surface area (Å²) in [7, 11) is 0. The van der Waals surface area contributed by atoms with Gasteiger partial charge in [-0.1, -0.05) is 17.7 Å². The largest absolute Gasteiger partial charge is 0.454 e. The molecule has 0 spiro atoms. The number of nitro benzene ring substituents is 1. The number of halogens is 2. The fraction of sp³-hybridized carbons (Fsp3) is 0.0526. The Hall–Kier alpha value is -4.12. The van der Waals surface area contributed by atoms with Crippen molar-refractivity contribution in [3.8, 4) is 0 Å². The van der Waals surface area contributed by atoms with Crippen LogP contribution in [0, 0.1) is 15.9 Å². The van der Waals surface area contributed by atoms with Crippen LogP contribution >= 0.6 is 11.6 Å². The molecular formula is C19H14ClFN6O4. The number of nitro groups is 1. The van der Waals surface area contributed by atoms with Crippen LogP contribution in [0.3, 0.4) is 0 Å². The van der Waals surface area contributed by atoms with Crippen LogP contribution in [0.25, 0.3) is 6.08 Å². The van der Waals surface area contributed by atoms with Gasteiger partial charge in [0.1, 0.15) is 10.8 Å². The lowest BCUT2D eigenvalue weighted by Crippen LogP contribution is -2.10. The maximum absolute atomic E-state index is 13.0.